The number of pyridine rings is 1. The van der Waals surface area contributed by atoms with Crippen molar-refractivity contribution in [3.63, 3.8) is 0 Å². The minimum atomic E-state index is -0.477. The molecular weight excluding hydrogens is 474 g/mol. The Morgan fingerprint density at radius 1 is 1.12 bits per heavy atom. The van der Waals surface area contributed by atoms with Crippen LogP contribution in [0.15, 0.2) is 60.9 Å². The molecule has 0 radical (unpaired) electrons. The van der Waals surface area contributed by atoms with E-state index in [1.54, 1.807) is 30.6 Å². The van der Waals surface area contributed by atoms with E-state index in [-0.39, 0.29) is 18.0 Å². The van der Waals surface area contributed by atoms with Crippen molar-refractivity contribution in [2.45, 2.75) is 13.0 Å². The Kier molecular flexibility index (Phi) is 5.82. The summed E-state index contributed by atoms with van der Waals surface area (Å²) in [7, 11) is 0. The van der Waals surface area contributed by atoms with E-state index in [0.717, 1.165) is 17.0 Å². The normalized spacial score (nSPS) is 12.7. The molecule has 0 bridgehead atoms. The molecule has 1 N–H and O–H groups in total. The Morgan fingerprint density at radius 2 is 1.91 bits per heavy atom. The zero-order valence-corrected chi connectivity index (χ0v) is 19.3. The minimum Gasteiger partial charge on any atom is -0.352 e. The van der Waals surface area contributed by atoms with Gasteiger partial charge >= 0.3 is 0 Å². The fourth-order valence-corrected chi connectivity index (χ4v) is 4.85. The van der Waals surface area contributed by atoms with E-state index in [4.69, 9.17) is 23.2 Å². The number of nitriles is 1. The molecule has 0 saturated carbocycles. The standard InChI is InChI=1S/C26H17Cl2FN4O/c27-20-3-1-2-19(24(20)28)22-23-21(8-11-32-26(23)34)33(25(22)15-6-9-31-10-7-15)14-16-4-5-18(29)12-17(16)13-30/h1-7,9-10,12H,8,11,14H2,(H,32,34). The average Bonchev–Trinajstić information content (AvgIpc) is 3.17. The molecule has 34 heavy (non-hydrogen) atoms. The Balaban J connectivity index is 1.86. The van der Waals surface area contributed by atoms with Gasteiger partial charge in [0.2, 0.25) is 0 Å². The quantitative estimate of drug-likeness (QED) is 0.388. The summed E-state index contributed by atoms with van der Waals surface area (Å²) in [5, 5.41) is 13.3. The van der Waals surface area contributed by atoms with Gasteiger partial charge in [0.25, 0.3) is 5.91 Å². The number of fused-ring (bicyclic) bond motifs is 1. The monoisotopic (exact) mass is 490 g/mol. The van der Waals surface area contributed by atoms with Crippen molar-refractivity contribution in [3.8, 4) is 28.5 Å². The maximum Gasteiger partial charge on any atom is 0.253 e. The summed E-state index contributed by atoms with van der Waals surface area (Å²) in [6, 6.07) is 15.3. The molecule has 8 heteroatoms. The van der Waals surface area contributed by atoms with Crippen LogP contribution in [0.25, 0.3) is 22.4 Å². The zero-order chi connectivity index (χ0) is 23.8. The van der Waals surface area contributed by atoms with Gasteiger partial charge < -0.3 is 9.88 Å². The first kappa shape index (κ1) is 22.1. The van der Waals surface area contributed by atoms with Crippen LogP contribution in [0.2, 0.25) is 10.0 Å². The van der Waals surface area contributed by atoms with E-state index in [0.29, 0.717) is 45.3 Å². The fourth-order valence-electron chi connectivity index (χ4n) is 4.46. The Hall–Kier alpha value is -3.66. The molecule has 2 aromatic carbocycles. The molecule has 5 nitrogen and oxygen atoms in total. The van der Waals surface area contributed by atoms with Gasteiger partial charge in [-0.05, 0) is 35.9 Å². The lowest BCUT2D eigenvalue weighted by atomic mass is 9.95. The van der Waals surface area contributed by atoms with E-state index in [1.807, 2.05) is 22.8 Å². The number of aromatic nitrogens is 2. The van der Waals surface area contributed by atoms with Crippen molar-refractivity contribution in [1.82, 2.24) is 14.9 Å². The number of hydrogen-bond donors (Lipinski definition) is 1. The molecule has 0 spiro atoms. The minimum absolute atomic E-state index is 0.207. The molecule has 0 atom stereocenters. The number of nitrogens with zero attached hydrogens (tertiary/aromatic N) is 3. The number of benzene rings is 2. The number of nitrogens with one attached hydrogen (secondary N) is 1. The number of carbonyl (C=O) groups excluding carboxylic acids is 1. The van der Waals surface area contributed by atoms with Crippen LogP contribution < -0.4 is 5.32 Å². The van der Waals surface area contributed by atoms with Gasteiger partial charge in [0, 0.05) is 54.3 Å². The van der Waals surface area contributed by atoms with E-state index in [2.05, 4.69) is 16.4 Å². The van der Waals surface area contributed by atoms with Gasteiger partial charge in [-0.3, -0.25) is 9.78 Å². The second-order valence-electron chi connectivity index (χ2n) is 7.89. The topological polar surface area (TPSA) is 70.7 Å². The number of hydrogen-bond acceptors (Lipinski definition) is 3. The first-order valence-corrected chi connectivity index (χ1v) is 11.3. The molecular formula is C26H17Cl2FN4O. The highest BCUT2D eigenvalue weighted by atomic mass is 35.5. The Morgan fingerprint density at radius 3 is 2.68 bits per heavy atom. The molecule has 4 aromatic rings. The van der Waals surface area contributed by atoms with Crippen LogP contribution in [0.1, 0.15) is 27.2 Å². The summed E-state index contributed by atoms with van der Waals surface area (Å²) in [4.78, 5) is 17.3. The van der Waals surface area contributed by atoms with Crippen LogP contribution in [0.4, 0.5) is 4.39 Å². The summed E-state index contributed by atoms with van der Waals surface area (Å²) in [5.41, 5.74) is 5.08. The lowest BCUT2D eigenvalue weighted by Crippen LogP contribution is -2.32. The fraction of sp³-hybridized carbons (Fsp3) is 0.115. The number of rotatable bonds is 4. The third-order valence-electron chi connectivity index (χ3n) is 5.94. The summed E-state index contributed by atoms with van der Waals surface area (Å²) >= 11 is 13.0. The molecule has 3 heterocycles. The third-order valence-corrected chi connectivity index (χ3v) is 6.76. The highest BCUT2D eigenvalue weighted by Gasteiger charge is 2.32. The van der Waals surface area contributed by atoms with Gasteiger partial charge in [-0.1, -0.05) is 41.4 Å². The Bertz CT molecular complexity index is 1470. The van der Waals surface area contributed by atoms with E-state index in [9.17, 15) is 14.4 Å². The lowest BCUT2D eigenvalue weighted by molar-refractivity contribution is 0.0946. The second kappa shape index (κ2) is 8.94. The molecule has 2 aromatic heterocycles. The van der Waals surface area contributed by atoms with Crippen LogP contribution in [0, 0.1) is 17.1 Å². The summed E-state index contributed by atoms with van der Waals surface area (Å²) < 4.78 is 15.8. The Labute approximate surface area is 205 Å². The molecule has 1 aliphatic heterocycles. The van der Waals surface area contributed by atoms with Gasteiger partial charge in [0.15, 0.2) is 0 Å². The van der Waals surface area contributed by atoms with Crippen LogP contribution in [-0.2, 0) is 13.0 Å². The molecule has 0 saturated heterocycles. The van der Waals surface area contributed by atoms with Crippen LogP contribution in [0.3, 0.4) is 0 Å². The predicted molar refractivity (Wildman–Crippen MR) is 129 cm³/mol. The van der Waals surface area contributed by atoms with Crippen molar-refractivity contribution in [2.75, 3.05) is 6.54 Å². The molecule has 0 unspecified atom stereocenters. The van der Waals surface area contributed by atoms with Crippen molar-refractivity contribution >= 4 is 29.1 Å². The van der Waals surface area contributed by atoms with Gasteiger partial charge in [0.1, 0.15) is 5.82 Å². The van der Waals surface area contributed by atoms with Gasteiger partial charge in [0.05, 0.1) is 32.9 Å². The number of halogens is 3. The smallest absolute Gasteiger partial charge is 0.253 e. The second-order valence-corrected chi connectivity index (χ2v) is 8.67. The molecule has 1 amide bonds. The molecule has 168 valence electrons. The maximum atomic E-state index is 13.8. The van der Waals surface area contributed by atoms with Gasteiger partial charge in [-0.2, -0.15) is 5.26 Å². The first-order chi connectivity index (χ1) is 16.5. The van der Waals surface area contributed by atoms with E-state index in [1.165, 1.54) is 12.1 Å². The van der Waals surface area contributed by atoms with Crippen molar-refractivity contribution in [2.24, 2.45) is 0 Å². The lowest BCUT2D eigenvalue weighted by Gasteiger charge is -2.18. The number of amides is 1. The molecule has 1 aliphatic rings. The average molecular weight is 491 g/mol. The van der Waals surface area contributed by atoms with Crippen molar-refractivity contribution in [1.29, 1.82) is 5.26 Å². The predicted octanol–water partition coefficient (Wildman–Crippen LogP) is 5.87. The SMILES string of the molecule is N#Cc1cc(F)ccc1Cn1c2c(c(-c3cccc(Cl)c3Cl)c1-c1ccncc1)C(=O)NCC2. The van der Waals surface area contributed by atoms with Gasteiger partial charge in [-0.15, -0.1) is 0 Å². The van der Waals surface area contributed by atoms with Crippen LogP contribution >= 0.6 is 23.2 Å². The van der Waals surface area contributed by atoms with E-state index >= 15 is 0 Å². The highest BCUT2D eigenvalue weighted by Crippen LogP contribution is 2.45. The third kappa shape index (κ3) is 3.73. The van der Waals surface area contributed by atoms with Crippen molar-refractivity contribution < 1.29 is 9.18 Å². The first-order valence-electron chi connectivity index (χ1n) is 10.6. The molecule has 0 aliphatic carbocycles. The van der Waals surface area contributed by atoms with Crippen LogP contribution in [0.5, 0.6) is 0 Å². The van der Waals surface area contributed by atoms with E-state index < -0.39 is 5.82 Å². The summed E-state index contributed by atoms with van der Waals surface area (Å²) in [6.07, 6.45) is 3.93. The summed E-state index contributed by atoms with van der Waals surface area (Å²) in [5.74, 6) is -0.684. The molecule has 0 fully saturated rings. The zero-order valence-electron chi connectivity index (χ0n) is 17.8. The van der Waals surface area contributed by atoms with Crippen molar-refractivity contribution in [3.05, 3.63) is 99.2 Å². The highest BCUT2D eigenvalue weighted by molar-refractivity contribution is 6.44. The molecule has 5 rings (SSSR count). The van der Waals surface area contributed by atoms with Crippen LogP contribution in [-0.4, -0.2) is 22.0 Å². The summed E-state index contributed by atoms with van der Waals surface area (Å²) in [6.45, 7) is 0.748. The largest absolute Gasteiger partial charge is 0.352 e. The maximum absolute atomic E-state index is 13.8. The number of carbonyl (C=O) groups is 1. The van der Waals surface area contributed by atoms with Gasteiger partial charge in [-0.25, -0.2) is 4.39 Å².